The van der Waals surface area contributed by atoms with E-state index in [4.69, 9.17) is 0 Å². The molecule has 4 unspecified atom stereocenters. The molecular formula is C48H93NO5. The van der Waals surface area contributed by atoms with Crippen molar-refractivity contribution in [3.8, 4) is 0 Å². The molecule has 0 heterocycles. The van der Waals surface area contributed by atoms with Crippen LogP contribution in [0.25, 0.3) is 0 Å². The van der Waals surface area contributed by atoms with Gasteiger partial charge >= 0.3 is 0 Å². The fourth-order valence-electron chi connectivity index (χ4n) is 7.38. The topological polar surface area (TPSA) is 110 Å². The van der Waals surface area contributed by atoms with Gasteiger partial charge in [-0.15, -0.1) is 0 Å². The average Bonchev–Trinajstić information content (AvgIpc) is 3.18. The van der Waals surface area contributed by atoms with Gasteiger partial charge in [-0.2, -0.15) is 0 Å². The normalized spacial score (nSPS) is 14.3. The van der Waals surface area contributed by atoms with Crippen LogP contribution in [0.5, 0.6) is 0 Å². The third-order valence-corrected chi connectivity index (χ3v) is 11.2. The first-order valence-electron chi connectivity index (χ1n) is 23.7. The molecule has 0 rings (SSSR count). The summed E-state index contributed by atoms with van der Waals surface area (Å²) in [6, 6.07) is -0.981. The summed E-state index contributed by atoms with van der Waals surface area (Å²) < 4.78 is 0. The number of amides is 1. The minimum absolute atomic E-state index is 0.370. The Labute approximate surface area is 335 Å². The summed E-state index contributed by atoms with van der Waals surface area (Å²) in [5, 5.41) is 43.5. The molecule has 0 aliphatic rings. The summed E-state index contributed by atoms with van der Waals surface area (Å²) in [4.78, 5) is 12.5. The molecule has 0 saturated carbocycles. The fraction of sp³-hybridized carbons (Fsp3) is 0.896. The van der Waals surface area contributed by atoms with Gasteiger partial charge < -0.3 is 25.7 Å². The van der Waals surface area contributed by atoms with Gasteiger partial charge in [0, 0.05) is 0 Å². The lowest BCUT2D eigenvalue weighted by Crippen LogP contribution is -2.53. The molecule has 5 N–H and O–H groups in total. The van der Waals surface area contributed by atoms with Gasteiger partial charge in [-0.25, -0.2) is 0 Å². The van der Waals surface area contributed by atoms with Crippen molar-refractivity contribution in [3.63, 3.8) is 0 Å². The summed E-state index contributed by atoms with van der Waals surface area (Å²) in [6.45, 7) is 4.01. The van der Waals surface area contributed by atoms with E-state index in [1.54, 1.807) is 0 Å². The van der Waals surface area contributed by atoms with E-state index in [1.807, 2.05) is 0 Å². The molecule has 0 saturated heterocycles. The second-order valence-corrected chi connectivity index (χ2v) is 16.5. The van der Waals surface area contributed by atoms with Crippen LogP contribution in [0.4, 0.5) is 0 Å². The standard InChI is InChI=1S/C48H93NO5/c1-3-5-7-9-11-13-14-15-16-17-18-19-20-21-22-23-24-25-26-27-28-29-30-31-32-33-34-36-38-40-42-46(52)48(54)49-44(43-50)47(53)45(51)41-39-37-35-12-10-8-6-4-2/h18-19,21-22,44-47,50-53H,3-17,20,23-43H2,1-2H3,(H,49,54)/b19-18-,22-21-. The third kappa shape index (κ3) is 36.4. The predicted octanol–water partition coefficient (Wildman–Crippen LogP) is 12.7. The molecule has 6 heteroatoms. The number of hydrogen-bond donors (Lipinski definition) is 5. The summed E-state index contributed by atoms with van der Waals surface area (Å²) in [6.07, 6.45) is 49.6. The number of aliphatic hydroxyl groups excluding tert-OH is 4. The Kier molecular flexibility index (Phi) is 42.0. The number of carbonyl (C=O) groups excluding carboxylic acids is 1. The van der Waals surface area contributed by atoms with Crippen molar-refractivity contribution in [3.05, 3.63) is 24.3 Å². The first-order valence-corrected chi connectivity index (χ1v) is 23.7. The summed E-state index contributed by atoms with van der Waals surface area (Å²) in [7, 11) is 0. The van der Waals surface area contributed by atoms with Crippen molar-refractivity contribution >= 4 is 5.91 Å². The van der Waals surface area contributed by atoms with Crippen LogP contribution in [-0.2, 0) is 4.79 Å². The molecule has 6 nitrogen and oxygen atoms in total. The zero-order valence-electron chi connectivity index (χ0n) is 36.0. The first-order chi connectivity index (χ1) is 26.5. The zero-order valence-corrected chi connectivity index (χ0v) is 36.0. The molecule has 0 aromatic carbocycles. The predicted molar refractivity (Wildman–Crippen MR) is 233 cm³/mol. The van der Waals surface area contributed by atoms with E-state index >= 15 is 0 Å². The Hall–Kier alpha value is -1.21. The van der Waals surface area contributed by atoms with Crippen LogP contribution in [0.3, 0.4) is 0 Å². The minimum atomic E-state index is -1.25. The van der Waals surface area contributed by atoms with Gasteiger partial charge in [0.15, 0.2) is 0 Å². The molecule has 0 fully saturated rings. The molecule has 4 atom stereocenters. The highest BCUT2D eigenvalue weighted by Gasteiger charge is 2.28. The van der Waals surface area contributed by atoms with E-state index in [0.717, 1.165) is 44.9 Å². The molecule has 0 aliphatic heterocycles. The monoisotopic (exact) mass is 764 g/mol. The third-order valence-electron chi connectivity index (χ3n) is 11.2. The molecule has 0 aromatic heterocycles. The number of allylic oxidation sites excluding steroid dienone is 4. The number of rotatable bonds is 43. The van der Waals surface area contributed by atoms with Crippen LogP contribution < -0.4 is 5.32 Å². The number of carbonyl (C=O) groups is 1. The van der Waals surface area contributed by atoms with Crippen LogP contribution in [0.15, 0.2) is 24.3 Å². The van der Waals surface area contributed by atoms with Gasteiger partial charge in [0.05, 0.1) is 18.8 Å². The van der Waals surface area contributed by atoms with Crippen molar-refractivity contribution in [1.82, 2.24) is 5.32 Å². The van der Waals surface area contributed by atoms with Gasteiger partial charge in [0.25, 0.3) is 0 Å². The largest absolute Gasteiger partial charge is 0.394 e. The molecule has 0 radical (unpaired) electrons. The summed E-state index contributed by atoms with van der Waals surface area (Å²) in [5.74, 6) is -0.585. The highest BCUT2D eigenvalue weighted by atomic mass is 16.3. The fourth-order valence-corrected chi connectivity index (χ4v) is 7.38. The smallest absolute Gasteiger partial charge is 0.249 e. The van der Waals surface area contributed by atoms with E-state index in [9.17, 15) is 25.2 Å². The van der Waals surface area contributed by atoms with Crippen molar-refractivity contribution in [1.29, 1.82) is 0 Å². The van der Waals surface area contributed by atoms with Crippen LogP contribution in [0.1, 0.15) is 245 Å². The number of hydrogen-bond acceptors (Lipinski definition) is 5. The Balaban J connectivity index is 3.57. The first kappa shape index (κ1) is 52.8. The van der Waals surface area contributed by atoms with Crippen molar-refractivity contribution < 1.29 is 25.2 Å². The summed E-state index contributed by atoms with van der Waals surface area (Å²) >= 11 is 0. The van der Waals surface area contributed by atoms with Crippen LogP contribution in [-0.4, -0.2) is 57.3 Å². The average molecular weight is 764 g/mol. The van der Waals surface area contributed by atoms with Gasteiger partial charge in [-0.3, -0.25) is 4.79 Å². The Bertz CT molecular complexity index is 817. The van der Waals surface area contributed by atoms with Gasteiger partial charge in [-0.05, 0) is 44.9 Å². The second kappa shape index (κ2) is 42.9. The van der Waals surface area contributed by atoms with Crippen LogP contribution >= 0.6 is 0 Å². The van der Waals surface area contributed by atoms with Crippen LogP contribution in [0.2, 0.25) is 0 Å². The summed E-state index contributed by atoms with van der Waals surface area (Å²) in [5.41, 5.74) is 0. The van der Waals surface area contributed by atoms with Gasteiger partial charge in [-0.1, -0.05) is 224 Å². The zero-order chi connectivity index (χ0) is 39.6. The lowest BCUT2D eigenvalue weighted by atomic mass is 9.99. The van der Waals surface area contributed by atoms with E-state index < -0.39 is 36.9 Å². The SMILES string of the molecule is CCCCCCCCCCC/C=C\C/C=C\CCCCCCCCCCCCCCCCC(O)C(=O)NC(CO)C(O)C(O)CCCCCCCCCC. The number of aliphatic hydroxyl groups is 4. The van der Waals surface area contributed by atoms with E-state index in [-0.39, 0.29) is 0 Å². The Morgan fingerprint density at radius 1 is 0.463 bits per heavy atom. The molecule has 0 bridgehead atoms. The molecule has 0 aromatic rings. The van der Waals surface area contributed by atoms with Crippen molar-refractivity contribution in [2.45, 2.75) is 269 Å². The maximum Gasteiger partial charge on any atom is 0.249 e. The lowest BCUT2D eigenvalue weighted by molar-refractivity contribution is -0.132. The maximum absolute atomic E-state index is 12.5. The molecule has 1 amide bonds. The quantitative estimate of drug-likeness (QED) is 0.0314. The molecule has 0 spiro atoms. The van der Waals surface area contributed by atoms with Crippen molar-refractivity contribution in [2.24, 2.45) is 0 Å². The highest BCUT2D eigenvalue weighted by Crippen LogP contribution is 2.16. The van der Waals surface area contributed by atoms with Gasteiger partial charge in [0.1, 0.15) is 12.2 Å². The van der Waals surface area contributed by atoms with Crippen molar-refractivity contribution in [2.75, 3.05) is 6.61 Å². The number of nitrogens with one attached hydrogen (secondary N) is 1. The molecule has 0 aliphatic carbocycles. The maximum atomic E-state index is 12.5. The molecule has 320 valence electrons. The van der Waals surface area contributed by atoms with E-state index in [2.05, 4.69) is 43.5 Å². The molecule has 54 heavy (non-hydrogen) atoms. The molecular weight excluding hydrogens is 671 g/mol. The Morgan fingerprint density at radius 3 is 1.17 bits per heavy atom. The van der Waals surface area contributed by atoms with E-state index in [1.165, 1.54) is 173 Å². The highest BCUT2D eigenvalue weighted by molar-refractivity contribution is 5.80. The van der Waals surface area contributed by atoms with E-state index in [0.29, 0.717) is 12.8 Å². The minimum Gasteiger partial charge on any atom is -0.394 e. The van der Waals surface area contributed by atoms with Gasteiger partial charge in [0.2, 0.25) is 5.91 Å². The number of unbranched alkanes of at least 4 members (excludes halogenated alkanes) is 30. The lowest BCUT2D eigenvalue weighted by Gasteiger charge is -2.27. The second-order valence-electron chi connectivity index (χ2n) is 16.5. The van der Waals surface area contributed by atoms with Crippen LogP contribution in [0, 0.1) is 0 Å². The Morgan fingerprint density at radius 2 is 0.796 bits per heavy atom.